The molecule has 2 N–H and O–H groups in total. The summed E-state index contributed by atoms with van der Waals surface area (Å²) in [5.41, 5.74) is 8.98. The number of anilines is 1. The molecule has 0 saturated carbocycles. The fourth-order valence-corrected chi connectivity index (χ4v) is 2.46. The van der Waals surface area contributed by atoms with Gasteiger partial charge in [0.05, 0.1) is 5.69 Å². The molecule has 0 unspecified atom stereocenters. The summed E-state index contributed by atoms with van der Waals surface area (Å²) >= 11 is 1.68. The van der Waals surface area contributed by atoms with Gasteiger partial charge in [-0.25, -0.2) is 4.98 Å². The molecule has 0 spiro atoms. The minimum absolute atomic E-state index is 0.655. The molecule has 1 aromatic carbocycles. The molecule has 90 valence electrons. The van der Waals surface area contributed by atoms with E-state index in [1.165, 1.54) is 11.3 Å². The van der Waals surface area contributed by atoms with Crippen LogP contribution in [0.2, 0.25) is 0 Å². The number of nitrogens with zero attached hydrogens (tertiary/aromatic N) is 2. The lowest BCUT2D eigenvalue weighted by Gasteiger charge is -2.11. The highest BCUT2D eigenvalue weighted by Crippen LogP contribution is 2.25. The van der Waals surface area contributed by atoms with Crippen molar-refractivity contribution in [3.8, 4) is 10.6 Å². The summed E-state index contributed by atoms with van der Waals surface area (Å²) in [7, 11) is 4.08. The minimum atomic E-state index is 0.655. The van der Waals surface area contributed by atoms with Crippen LogP contribution >= 0.6 is 11.3 Å². The lowest BCUT2D eigenvalue weighted by molar-refractivity contribution is 0.936. The van der Waals surface area contributed by atoms with Gasteiger partial charge >= 0.3 is 0 Å². The maximum absolute atomic E-state index is 5.52. The van der Waals surface area contributed by atoms with Crippen LogP contribution in [-0.4, -0.2) is 25.6 Å². The maximum Gasteiger partial charge on any atom is 0.123 e. The molecular formula is C13H17N3S. The number of nitrogens with two attached hydrogens (primary N) is 1. The molecule has 0 saturated heterocycles. The summed E-state index contributed by atoms with van der Waals surface area (Å²) in [4.78, 5) is 6.66. The Bertz CT molecular complexity index is 474. The van der Waals surface area contributed by atoms with Gasteiger partial charge in [-0.2, -0.15) is 0 Å². The van der Waals surface area contributed by atoms with Gasteiger partial charge in [-0.3, -0.25) is 0 Å². The number of hydrogen-bond donors (Lipinski definition) is 1. The number of aromatic nitrogens is 1. The Morgan fingerprint density at radius 2 is 1.94 bits per heavy atom. The van der Waals surface area contributed by atoms with Crippen molar-refractivity contribution >= 4 is 17.0 Å². The molecule has 3 nitrogen and oxygen atoms in total. The summed E-state index contributed by atoms with van der Waals surface area (Å²) in [5.74, 6) is 0. The first kappa shape index (κ1) is 12.1. The quantitative estimate of drug-likeness (QED) is 0.902. The molecule has 1 aromatic heterocycles. The van der Waals surface area contributed by atoms with E-state index in [0.717, 1.165) is 17.1 Å². The minimum Gasteiger partial charge on any atom is -0.378 e. The van der Waals surface area contributed by atoms with Crippen molar-refractivity contribution in [2.75, 3.05) is 25.5 Å². The van der Waals surface area contributed by atoms with Crippen LogP contribution in [0.25, 0.3) is 10.6 Å². The zero-order valence-electron chi connectivity index (χ0n) is 10.2. The van der Waals surface area contributed by atoms with E-state index >= 15 is 0 Å². The van der Waals surface area contributed by atoms with Crippen molar-refractivity contribution in [2.45, 2.75) is 6.42 Å². The monoisotopic (exact) mass is 247 g/mol. The van der Waals surface area contributed by atoms with E-state index < -0.39 is 0 Å². The van der Waals surface area contributed by atoms with Gasteiger partial charge in [0.1, 0.15) is 5.01 Å². The molecule has 0 fully saturated rings. The maximum atomic E-state index is 5.52. The van der Waals surface area contributed by atoms with E-state index in [9.17, 15) is 0 Å². The lowest BCUT2D eigenvalue weighted by atomic mass is 10.2. The van der Waals surface area contributed by atoms with Crippen molar-refractivity contribution in [1.29, 1.82) is 0 Å². The SMILES string of the molecule is CN(C)c1ccc(-c2nc(CCN)cs2)cc1. The van der Waals surface area contributed by atoms with E-state index in [1.54, 1.807) is 11.3 Å². The van der Waals surface area contributed by atoms with Crippen molar-refractivity contribution in [3.63, 3.8) is 0 Å². The average molecular weight is 247 g/mol. The second-order valence-corrected chi connectivity index (χ2v) is 4.98. The van der Waals surface area contributed by atoms with Gasteiger partial charge in [0, 0.05) is 37.1 Å². The molecule has 0 atom stereocenters. The van der Waals surface area contributed by atoms with Crippen molar-refractivity contribution in [2.24, 2.45) is 5.73 Å². The van der Waals surface area contributed by atoms with Gasteiger partial charge < -0.3 is 10.6 Å². The van der Waals surface area contributed by atoms with Crippen LogP contribution < -0.4 is 10.6 Å². The van der Waals surface area contributed by atoms with Crippen LogP contribution in [0.5, 0.6) is 0 Å². The third-order valence-corrected chi connectivity index (χ3v) is 3.52. The van der Waals surface area contributed by atoms with Gasteiger partial charge in [-0.1, -0.05) is 0 Å². The highest BCUT2D eigenvalue weighted by molar-refractivity contribution is 7.13. The third kappa shape index (κ3) is 2.84. The van der Waals surface area contributed by atoms with Gasteiger partial charge in [0.15, 0.2) is 0 Å². The largest absolute Gasteiger partial charge is 0.378 e. The summed E-state index contributed by atoms with van der Waals surface area (Å²) in [6.07, 6.45) is 0.853. The predicted octanol–water partition coefficient (Wildman–Crippen LogP) is 2.38. The Hall–Kier alpha value is -1.39. The Morgan fingerprint density at radius 3 is 2.53 bits per heavy atom. The Kier molecular flexibility index (Phi) is 3.76. The van der Waals surface area contributed by atoms with Gasteiger partial charge in [0.2, 0.25) is 0 Å². The Balaban J connectivity index is 2.21. The number of hydrogen-bond acceptors (Lipinski definition) is 4. The first-order valence-corrected chi connectivity index (χ1v) is 6.51. The standard InChI is InChI=1S/C13H17N3S/c1-16(2)12-5-3-10(4-6-12)13-15-11(7-8-14)9-17-13/h3-6,9H,7-8,14H2,1-2H3. The lowest BCUT2D eigenvalue weighted by Crippen LogP contribution is -2.07. The van der Waals surface area contributed by atoms with E-state index in [-0.39, 0.29) is 0 Å². The molecule has 0 aliphatic carbocycles. The summed E-state index contributed by atoms with van der Waals surface area (Å²) in [6.45, 7) is 0.655. The zero-order chi connectivity index (χ0) is 12.3. The summed E-state index contributed by atoms with van der Waals surface area (Å²) < 4.78 is 0. The molecule has 4 heteroatoms. The molecule has 0 radical (unpaired) electrons. The average Bonchev–Trinajstić information content (AvgIpc) is 2.78. The molecule has 0 amide bonds. The number of rotatable bonds is 4. The van der Waals surface area contributed by atoms with Crippen molar-refractivity contribution in [1.82, 2.24) is 4.98 Å². The number of benzene rings is 1. The molecular weight excluding hydrogens is 230 g/mol. The molecule has 0 aliphatic heterocycles. The predicted molar refractivity (Wildman–Crippen MR) is 74.6 cm³/mol. The van der Waals surface area contributed by atoms with E-state index in [4.69, 9.17) is 5.73 Å². The van der Waals surface area contributed by atoms with Crippen LogP contribution in [0.4, 0.5) is 5.69 Å². The normalized spacial score (nSPS) is 10.5. The van der Waals surface area contributed by atoms with Crippen LogP contribution in [-0.2, 0) is 6.42 Å². The molecule has 17 heavy (non-hydrogen) atoms. The summed E-state index contributed by atoms with van der Waals surface area (Å²) in [6, 6.07) is 8.44. The van der Waals surface area contributed by atoms with Crippen LogP contribution in [0.3, 0.4) is 0 Å². The summed E-state index contributed by atoms with van der Waals surface area (Å²) in [5, 5.41) is 3.15. The first-order valence-electron chi connectivity index (χ1n) is 5.63. The van der Waals surface area contributed by atoms with Gasteiger partial charge in [0.25, 0.3) is 0 Å². The molecule has 1 heterocycles. The molecule has 0 bridgehead atoms. The van der Waals surface area contributed by atoms with Crippen molar-refractivity contribution in [3.05, 3.63) is 35.3 Å². The van der Waals surface area contributed by atoms with E-state index in [2.05, 4.69) is 39.5 Å². The van der Waals surface area contributed by atoms with Crippen LogP contribution in [0.1, 0.15) is 5.69 Å². The molecule has 2 rings (SSSR count). The van der Waals surface area contributed by atoms with Gasteiger partial charge in [-0.15, -0.1) is 11.3 Å². The topological polar surface area (TPSA) is 42.2 Å². The number of thiazole rings is 1. The highest BCUT2D eigenvalue weighted by Gasteiger charge is 2.04. The third-order valence-electron chi connectivity index (χ3n) is 2.58. The Morgan fingerprint density at radius 1 is 1.24 bits per heavy atom. The van der Waals surface area contributed by atoms with Crippen LogP contribution in [0.15, 0.2) is 29.6 Å². The van der Waals surface area contributed by atoms with Gasteiger partial charge in [-0.05, 0) is 30.8 Å². The molecule has 2 aromatic rings. The fraction of sp³-hybridized carbons (Fsp3) is 0.308. The van der Waals surface area contributed by atoms with Crippen molar-refractivity contribution < 1.29 is 0 Å². The smallest absolute Gasteiger partial charge is 0.123 e. The second kappa shape index (κ2) is 5.29. The Labute approximate surface area is 106 Å². The fourth-order valence-electron chi connectivity index (χ4n) is 1.60. The second-order valence-electron chi connectivity index (χ2n) is 4.12. The molecule has 0 aliphatic rings. The highest BCUT2D eigenvalue weighted by atomic mass is 32.1. The zero-order valence-corrected chi connectivity index (χ0v) is 11.0. The first-order chi connectivity index (χ1) is 8.20. The van der Waals surface area contributed by atoms with E-state index in [0.29, 0.717) is 6.54 Å². The van der Waals surface area contributed by atoms with Crippen LogP contribution in [0, 0.1) is 0 Å². The van der Waals surface area contributed by atoms with E-state index in [1.807, 2.05) is 14.1 Å².